The van der Waals surface area contributed by atoms with Crippen molar-refractivity contribution in [2.45, 2.75) is 94.1 Å². The first-order valence-corrected chi connectivity index (χ1v) is 19.0. The Bertz CT molecular complexity index is 1660. The summed E-state index contributed by atoms with van der Waals surface area (Å²) in [5.41, 5.74) is 1.98. The van der Waals surface area contributed by atoms with E-state index >= 15 is 0 Å². The number of thiophene rings is 1. The van der Waals surface area contributed by atoms with Gasteiger partial charge in [0.1, 0.15) is 6.04 Å². The monoisotopic (exact) mass is 770 g/mol. The van der Waals surface area contributed by atoms with Crippen molar-refractivity contribution in [1.82, 2.24) is 29.8 Å². The van der Waals surface area contributed by atoms with E-state index in [1.165, 1.54) is 21.1 Å². The molecular formula is C35H44F6N8O3S. The first-order valence-electron chi connectivity index (χ1n) is 18.1. The zero-order chi connectivity index (χ0) is 37.8. The number of carbonyl (C=O) groups is 3. The van der Waals surface area contributed by atoms with Crippen molar-refractivity contribution in [2.24, 2.45) is 0 Å². The van der Waals surface area contributed by atoms with Gasteiger partial charge in [-0.3, -0.25) is 9.69 Å². The highest BCUT2D eigenvalue weighted by Crippen LogP contribution is 2.42. The molecule has 2 bridgehead atoms. The van der Waals surface area contributed by atoms with Gasteiger partial charge in [0, 0.05) is 80.8 Å². The number of amides is 5. The zero-order valence-electron chi connectivity index (χ0n) is 29.3. The van der Waals surface area contributed by atoms with Gasteiger partial charge in [-0.25, -0.2) is 9.59 Å². The lowest BCUT2D eigenvalue weighted by Gasteiger charge is -2.45. The number of carbonyl (C=O) groups excluding carboxylic acids is 3. The van der Waals surface area contributed by atoms with Crippen LogP contribution in [0, 0.1) is 0 Å². The Morgan fingerprint density at radius 3 is 2.06 bits per heavy atom. The van der Waals surface area contributed by atoms with Crippen LogP contribution in [0.1, 0.15) is 60.8 Å². The van der Waals surface area contributed by atoms with Crippen LogP contribution in [-0.4, -0.2) is 119 Å². The molecular weight excluding hydrogens is 726 g/mol. The van der Waals surface area contributed by atoms with Gasteiger partial charge in [0.05, 0.1) is 29.0 Å². The summed E-state index contributed by atoms with van der Waals surface area (Å²) in [6, 6.07) is -0.0124. The van der Waals surface area contributed by atoms with Gasteiger partial charge in [0.2, 0.25) is 5.91 Å². The molecule has 5 aliphatic heterocycles. The van der Waals surface area contributed by atoms with E-state index in [-0.39, 0.29) is 25.2 Å². The second-order valence-corrected chi connectivity index (χ2v) is 15.7. The molecule has 290 valence electrons. The van der Waals surface area contributed by atoms with Crippen LogP contribution in [0.4, 0.5) is 47.3 Å². The molecule has 1 aromatic heterocycles. The number of fused-ring (bicyclic) bond motifs is 3. The third-order valence-corrected chi connectivity index (χ3v) is 12.7. The molecule has 6 heterocycles. The molecule has 4 saturated heterocycles. The van der Waals surface area contributed by atoms with Gasteiger partial charge >= 0.3 is 24.4 Å². The number of nitrogens with one attached hydrogen (secondary N) is 2. The normalized spacial score (nSPS) is 25.3. The van der Waals surface area contributed by atoms with Crippen molar-refractivity contribution in [1.29, 1.82) is 0 Å². The summed E-state index contributed by atoms with van der Waals surface area (Å²) in [5, 5.41) is 9.38. The van der Waals surface area contributed by atoms with Gasteiger partial charge in [-0.1, -0.05) is 0 Å². The number of hydrogen-bond acceptors (Lipinski definition) is 7. The number of nitrogens with zero attached hydrogens (tertiary/aromatic N) is 5. The average molecular weight is 771 g/mol. The zero-order valence-corrected chi connectivity index (χ0v) is 30.1. The third-order valence-electron chi connectivity index (χ3n) is 11.9. The van der Waals surface area contributed by atoms with Crippen molar-refractivity contribution < 1.29 is 40.7 Å². The van der Waals surface area contributed by atoms with E-state index in [0.717, 1.165) is 36.9 Å². The summed E-state index contributed by atoms with van der Waals surface area (Å²) in [4.78, 5) is 50.1. The van der Waals surface area contributed by atoms with Gasteiger partial charge < -0.3 is 36.0 Å². The Balaban J connectivity index is 1.06. The molecule has 2 aromatic rings. The van der Waals surface area contributed by atoms with E-state index in [4.69, 9.17) is 5.73 Å². The third kappa shape index (κ3) is 7.76. The van der Waals surface area contributed by atoms with Crippen LogP contribution in [0.2, 0.25) is 0 Å². The lowest BCUT2D eigenvalue weighted by atomic mass is 9.95. The van der Waals surface area contributed by atoms with E-state index < -0.39 is 59.1 Å². The van der Waals surface area contributed by atoms with E-state index in [1.807, 2.05) is 10.8 Å². The fraction of sp³-hybridized carbons (Fsp3) is 0.629. The highest BCUT2D eigenvalue weighted by atomic mass is 32.1. The minimum Gasteiger partial charge on any atom is -0.398 e. The number of nitrogens with two attached hydrogens (primary N) is 1. The quantitative estimate of drug-likeness (QED) is 0.273. The molecule has 4 N–H and O–H groups in total. The summed E-state index contributed by atoms with van der Waals surface area (Å²) < 4.78 is 83.5. The number of hydrogen-bond donors (Lipinski definition) is 3. The molecule has 0 radical (unpaired) electrons. The Labute approximate surface area is 307 Å². The fourth-order valence-electron chi connectivity index (χ4n) is 8.86. The molecule has 5 amide bonds. The number of urea groups is 2. The number of nitrogen functional groups attached to an aromatic ring is 1. The second-order valence-electron chi connectivity index (χ2n) is 14.9. The molecule has 1 aromatic carbocycles. The predicted octanol–water partition coefficient (Wildman–Crippen LogP) is 5.27. The maximum Gasteiger partial charge on any atom is 0.418 e. The lowest BCUT2D eigenvalue weighted by Crippen LogP contribution is -2.60. The first-order chi connectivity index (χ1) is 25.1. The van der Waals surface area contributed by atoms with E-state index in [1.54, 1.807) is 4.90 Å². The highest BCUT2D eigenvalue weighted by Gasteiger charge is 2.43. The van der Waals surface area contributed by atoms with Crippen LogP contribution in [0.3, 0.4) is 0 Å². The summed E-state index contributed by atoms with van der Waals surface area (Å²) in [5.74, 6) is -0.577. The van der Waals surface area contributed by atoms with E-state index in [9.17, 15) is 40.7 Å². The highest BCUT2D eigenvalue weighted by molar-refractivity contribution is 7.08. The van der Waals surface area contributed by atoms with Crippen LogP contribution in [0.25, 0.3) is 0 Å². The minimum atomic E-state index is -5.19. The molecule has 53 heavy (non-hydrogen) atoms. The van der Waals surface area contributed by atoms with Crippen molar-refractivity contribution in [2.75, 3.05) is 57.4 Å². The van der Waals surface area contributed by atoms with Crippen molar-refractivity contribution in [3.8, 4) is 0 Å². The van der Waals surface area contributed by atoms with Gasteiger partial charge in [-0.05, 0) is 68.6 Å². The van der Waals surface area contributed by atoms with Crippen molar-refractivity contribution in [3.63, 3.8) is 0 Å². The van der Waals surface area contributed by atoms with Crippen LogP contribution in [0.5, 0.6) is 0 Å². The maximum atomic E-state index is 14.1. The number of anilines is 2. The van der Waals surface area contributed by atoms with Crippen molar-refractivity contribution in [3.05, 3.63) is 45.1 Å². The fourth-order valence-corrected chi connectivity index (χ4v) is 9.64. The van der Waals surface area contributed by atoms with Crippen LogP contribution < -0.4 is 16.4 Å². The second kappa shape index (κ2) is 14.5. The minimum absolute atomic E-state index is 0.156. The van der Waals surface area contributed by atoms with Crippen LogP contribution in [0.15, 0.2) is 22.9 Å². The topological polar surface area (TPSA) is 117 Å². The predicted molar refractivity (Wildman–Crippen MR) is 186 cm³/mol. The molecule has 0 spiro atoms. The lowest BCUT2D eigenvalue weighted by molar-refractivity contribution is -0.141. The summed E-state index contributed by atoms with van der Waals surface area (Å²) >= 11 is 1.49. The van der Waals surface area contributed by atoms with E-state index in [2.05, 4.69) is 27.5 Å². The standard InChI is InChI=1S/C35H44F6N8O3S/c1-45-23-2-3-24(45)16-25(15-23)46-8-10-47(11-9-46)31(50)28(14-20-12-26(34(36,37)38)30(42)27(13-20)35(39,40)41)43-32(51)48-6-4-22(5-7-48)49-17-21-18-53-19-29(21)44-33(49)52/h12-13,18-19,22-25,28H,2-11,14-17,42H2,1H3,(H,43,51)(H,44,52)/t23?,24?,25?,28-/m1/s1. The molecule has 0 saturated carbocycles. The summed E-state index contributed by atoms with van der Waals surface area (Å²) in [6.07, 6.45) is -5.69. The molecule has 4 fully saturated rings. The molecule has 7 rings (SSSR count). The van der Waals surface area contributed by atoms with E-state index in [0.29, 0.717) is 75.8 Å². The smallest absolute Gasteiger partial charge is 0.398 e. The molecule has 3 atom stereocenters. The Hall–Kier alpha value is -3.77. The number of benzene rings is 1. The van der Waals surface area contributed by atoms with Gasteiger partial charge in [-0.2, -0.15) is 26.3 Å². The van der Waals surface area contributed by atoms with Crippen molar-refractivity contribution >= 4 is 40.7 Å². The Kier molecular flexibility index (Phi) is 10.2. The number of halogens is 6. The van der Waals surface area contributed by atoms with Gasteiger partial charge in [0.15, 0.2) is 0 Å². The summed E-state index contributed by atoms with van der Waals surface area (Å²) in [7, 11) is 2.16. The SMILES string of the molecule is CN1C2CCC1CC(N1CCN(C(=O)[C@@H](Cc3cc(C(F)(F)F)c(N)c(C(F)(F)F)c3)NC(=O)N3CCC(N4Cc5cscc5NC4=O)CC3)CC1)C2. The Morgan fingerprint density at radius 2 is 1.47 bits per heavy atom. The molecule has 18 heteroatoms. The number of piperidine rings is 2. The van der Waals surface area contributed by atoms with Gasteiger partial charge in [-0.15, -0.1) is 11.3 Å². The number of piperazine rings is 1. The maximum absolute atomic E-state index is 14.1. The van der Waals surface area contributed by atoms with Gasteiger partial charge in [0.25, 0.3) is 0 Å². The molecule has 11 nitrogen and oxygen atoms in total. The molecule has 5 aliphatic rings. The average Bonchev–Trinajstić information content (AvgIpc) is 3.63. The molecule has 0 aliphatic carbocycles. The largest absolute Gasteiger partial charge is 0.418 e. The number of likely N-dealkylation sites (tertiary alicyclic amines) is 1. The van der Waals surface area contributed by atoms with Crippen LogP contribution >= 0.6 is 11.3 Å². The number of rotatable bonds is 6. The number of alkyl halides is 6. The molecule has 2 unspecified atom stereocenters. The first kappa shape index (κ1) is 37.5. The Morgan fingerprint density at radius 1 is 0.868 bits per heavy atom. The van der Waals surface area contributed by atoms with Crippen LogP contribution in [-0.2, 0) is 30.1 Å². The summed E-state index contributed by atoms with van der Waals surface area (Å²) in [6.45, 7) is 2.66.